The maximum absolute atomic E-state index is 12.2. The Morgan fingerprint density at radius 2 is 2.04 bits per heavy atom. The van der Waals surface area contributed by atoms with E-state index in [0.29, 0.717) is 15.9 Å². The first-order valence-corrected chi connectivity index (χ1v) is 8.73. The number of anilines is 2. The molecule has 0 aliphatic carbocycles. The van der Waals surface area contributed by atoms with Crippen LogP contribution < -0.4 is 21.3 Å². The molecule has 0 atom stereocenters. The van der Waals surface area contributed by atoms with Gasteiger partial charge in [-0.3, -0.25) is 10.2 Å². The molecule has 0 unspecified atom stereocenters. The predicted molar refractivity (Wildman–Crippen MR) is 102 cm³/mol. The fourth-order valence-corrected chi connectivity index (χ4v) is 3.48. The Hall–Kier alpha value is -2.35. The van der Waals surface area contributed by atoms with Crippen molar-refractivity contribution in [2.45, 2.75) is 13.8 Å². The lowest BCUT2D eigenvalue weighted by molar-refractivity contribution is -0.118. The van der Waals surface area contributed by atoms with E-state index in [2.05, 4.69) is 15.7 Å². The van der Waals surface area contributed by atoms with Gasteiger partial charge in [0, 0.05) is 10.7 Å². The number of nitrogens with two attached hydrogens (primary N) is 1. The first-order chi connectivity index (χ1) is 12.0. The number of aromatic nitrogens is 1. The lowest BCUT2D eigenvalue weighted by Crippen LogP contribution is -2.21. The van der Waals surface area contributed by atoms with Crippen molar-refractivity contribution in [3.8, 4) is 5.75 Å². The van der Waals surface area contributed by atoms with Gasteiger partial charge in [0.25, 0.3) is 5.91 Å². The number of hydrogen-bond acceptors (Lipinski definition) is 6. The molecule has 25 heavy (non-hydrogen) atoms. The Labute approximate surface area is 153 Å². The molecule has 3 rings (SSSR count). The van der Waals surface area contributed by atoms with Crippen molar-refractivity contribution in [1.29, 1.82) is 0 Å². The molecule has 2 aromatic carbocycles. The van der Waals surface area contributed by atoms with Crippen molar-refractivity contribution in [1.82, 2.24) is 4.98 Å². The SMILES string of the molecule is Cc1cc2nc(NN)sc2c(C)c1NC(=O)COc1ccc(Cl)cc1. The summed E-state index contributed by atoms with van der Waals surface area (Å²) in [5.41, 5.74) is 6.06. The largest absolute Gasteiger partial charge is 0.484 e. The molecule has 130 valence electrons. The molecule has 0 aliphatic rings. The first kappa shape index (κ1) is 17.5. The van der Waals surface area contributed by atoms with E-state index in [0.717, 1.165) is 27.0 Å². The molecular weight excluding hydrogens is 360 g/mol. The molecule has 0 radical (unpaired) electrons. The van der Waals surface area contributed by atoms with Crippen LogP contribution in [-0.4, -0.2) is 17.5 Å². The zero-order valence-corrected chi connectivity index (χ0v) is 15.3. The Bertz CT molecular complexity index is 925. The highest BCUT2D eigenvalue weighted by molar-refractivity contribution is 7.22. The van der Waals surface area contributed by atoms with Gasteiger partial charge in [-0.15, -0.1) is 0 Å². The summed E-state index contributed by atoms with van der Waals surface area (Å²) < 4.78 is 6.46. The zero-order valence-electron chi connectivity index (χ0n) is 13.7. The molecule has 6 nitrogen and oxygen atoms in total. The molecule has 3 aromatic rings. The summed E-state index contributed by atoms with van der Waals surface area (Å²) in [6.07, 6.45) is 0. The van der Waals surface area contributed by atoms with Crippen molar-refractivity contribution in [3.63, 3.8) is 0 Å². The van der Waals surface area contributed by atoms with Gasteiger partial charge in [0.05, 0.1) is 10.2 Å². The Balaban J connectivity index is 1.75. The van der Waals surface area contributed by atoms with Crippen molar-refractivity contribution in [3.05, 3.63) is 46.5 Å². The minimum Gasteiger partial charge on any atom is -0.484 e. The maximum atomic E-state index is 12.2. The van der Waals surface area contributed by atoms with Crippen LogP contribution in [0, 0.1) is 13.8 Å². The highest BCUT2D eigenvalue weighted by atomic mass is 35.5. The maximum Gasteiger partial charge on any atom is 0.262 e. The van der Waals surface area contributed by atoms with E-state index in [-0.39, 0.29) is 12.5 Å². The van der Waals surface area contributed by atoms with Gasteiger partial charge in [0.2, 0.25) is 0 Å². The average Bonchev–Trinajstić information content (AvgIpc) is 3.01. The number of carbonyl (C=O) groups excluding carboxylic acids is 1. The third-order valence-electron chi connectivity index (χ3n) is 3.69. The van der Waals surface area contributed by atoms with Crippen LogP contribution in [-0.2, 0) is 4.79 Å². The minimum absolute atomic E-state index is 0.0865. The first-order valence-electron chi connectivity index (χ1n) is 7.53. The second-order valence-corrected chi connectivity index (χ2v) is 6.93. The van der Waals surface area contributed by atoms with Crippen molar-refractivity contribution in [2.24, 2.45) is 5.84 Å². The number of nitrogens with one attached hydrogen (secondary N) is 2. The van der Waals surface area contributed by atoms with Gasteiger partial charge in [-0.05, 0) is 55.3 Å². The van der Waals surface area contributed by atoms with Crippen molar-refractivity contribution >= 4 is 49.9 Å². The normalized spacial score (nSPS) is 10.7. The molecule has 0 bridgehead atoms. The molecule has 0 spiro atoms. The summed E-state index contributed by atoms with van der Waals surface area (Å²) in [6.45, 7) is 3.79. The molecule has 0 aliphatic heterocycles. The minimum atomic E-state index is -0.234. The lowest BCUT2D eigenvalue weighted by atomic mass is 10.1. The monoisotopic (exact) mass is 376 g/mol. The molecule has 1 aromatic heterocycles. The second kappa shape index (κ2) is 7.26. The number of hydrogen-bond donors (Lipinski definition) is 3. The van der Waals surface area contributed by atoms with Crippen LogP contribution in [0.15, 0.2) is 30.3 Å². The van der Waals surface area contributed by atoms with E-state index < -0.39 is 0 Å². The highest BCUT2D eigenvalue weighted by Crippen LogP contribution is 2.34. The number of amides is 1. The molecular formula is C17H17ClN4O2S. The number of halogens is 1. The van der Waals surface area contributed by atoms with E-state index in [1.807, 2.05) is 19.9 Å². The summed E-state index contributed by atoms with van der Waals surface area (Å²) >= 11 is 7.27. The van der Waals surface area contributed by atoms with Crippen LogP contribution >= 0.6 is 22.9 Å². The number of fused-ring (bicyclic) bond motifs is 1. The average molecular weight is 377 g/mol. The van der Waals surface area contributed by atoms with Crippen molar-refractivity contribution < 1.29 is 9.53 Å². The number of aryl methyl sites for hydroxylation is 2. The van der Waals surface area contributed by atoms with Crippen LogP contribution in [0.1, 0.15) is 11.1 Å². The molecule has 0 saturated heterocycles. The molecule has 4 N–H and O–H groups in total. The van der Waals surface area contributed by atoms with E-state index in [1.54, 1.807) is 24.3 Å². The van der Waals surface area contributed by atoms with E-state index in [4.69, 9.17) is 22.2 Å². The van der Waals surface area contributed by atoms with Gasteiger partial charge in [-0.2, -0.15) is 0 Å². The van der Waals surface area contributed by atoms with Gasteiger partial charge < -0.3 is 10.1 Å². The topological polar surface area (TPSA) is 89.3 Å². The zero-order chi connectivity index (χ0) is 18.0. The highest BCUT2D eigenvalue weighted by Gasteiger charge is 2.14. The number of nitrogen functional groups attached to an aromatic ring is 1. The predicted octanol–water partition coefficient (Wildman–Crippen LogP) is 3.87. The van der Waals surface area contributed by atoms with Crippen LogP contribution in [0.5, 0.6) is 5.75 Å². The quantitative estimate of drug-likeness (QED) is 0.464. The van der Waals surface area contributed by atoms with Crippen molar-refractivity contribution in [2.75, 3.05) is 17.3 Å². The van der Waals surface area contributed by atoms with Crippen LogP contribution in [0.4, 0.5) is 10.8 Å². The number of rotatable bonds is 5. The number of benzene rings is 2. The lowest BCUT2D eigenvalue weighted by Gasteiger charge is -2.13. The van der Waals surface area contributed by atoms with E-state index >= 15 is 0 Å². The smallest absolute Gasteiger partial charge is 0.262 e. The molecule has 8 heteroatoms. The van der Waals surface area contributed by atoms with Crippen LogP contribution in [0.3, 0.4) is 0 Å². The fraction of sp³-hybridized carbons (Fsp3) is 0.176. The number of ether oxygens (including phenoxy) is 1. The fourth-order valence-electron chi connectivity index (χ4n) is 2.49. The summed E-state index contributed by atoms with van der Waals surface area (Å²) in [4.78, 5) is 16.6. The number of carbonyl (C=O) groups is 1. The summed E-state index contributed by atoms with van der Waals surface area (Å²) in [7, 11) is 0. The van der Waals surface area contributed by atoms with Gasteiger partial charge in [-0.1, -0.05) is 22.9 Å². The number of thiazole rings is 1. The second-order valence-electron chi connectivity index (χ2n) is 5.50. The Morgan fingerprint density at radius 3 is 2.72 bits per heavy atom. The molecule has 0 fully saturated rings. The summed E-state index contributed by atoms with van der Waals surface area (Å²) in [5.74, 6) is 5.78. The number of hydrazine groups is 1. The molecule has 1 heterocycles. The summed E-state index contributed by atoms with van der Waals surface area (Å²) in [6, 6.07) is 8.79. The third kappa shape index (κ3) is 3.84. The van der Waals surface area contributed by atoms with Gasteiger partial charge >= 0.3 is 0 Å². The van der Waals surface area contributed by atoms with Crippen LogP contribution in [0.25, 0.3) is 10.2 Å². The number of nitrogens with zero attached hydrogens (tertiary/aromatic N) is 1. The van der Waals surface area contributed by atoms with E-state index in [1.165, 1.54) is 11.3 Å². The van der Waals surface area contributed by atoms with Gasteiger partial charge in [0.15, 0.2) is 11.7 Å². The standard InChI is InChI=1S/C17H17ClN4O2S/c1-9-7-13-16(25-17(20-13)22-19)10(2)15(9)21-14(23)8-24-12-5-3-11(18)4-6-12/h3-7H,8,19H2,1-2H3,(H,20,22)(H,21,23). The van der Waals surface area contributed by atoms with Crippen LogP contribution in [0.2, 0.25) is 5.02 Å². The molecule has 1 amide bonds. The van der Waals surface area contributed by atoms with Gasteiger partial charge in [0.1, 0.15) is 5.75 Å². The van der Waals surface area contributed by atoms with Gasteiger partial charge in [-0.25, -0.2) is 10.8 Å². The Morgan fingerprint density at radius 1 is 1.32 bits per heavy atom. The summed E-state index contributed by atoms with van der Waals surface area (Å²) in [5, 5.41) is 4.17. The third-order valence-corrected chi connectivity index (χ3v) is 5.06. The molecule has 0 saturated carbocycles. The van der Waals surface area contributed by atoms with E-state index in [9.17, 15) is 4.79 Å². The Kier molecular flexibility index (Phi) is 5.08.